The number of likely N-dealkylation sites (tertiary alicyclic amines) is 1. The van der Waals surface area contributed by atoms with Gasteiger partial charge in [0.2, 0.25) is 5.91 Å². The number of hydrogen-bond acceptors (Lipinski definition) is 5. The Morgan fingerprint density at radius 1 is 1.37 bits per heavy atom. The van der Waals surface area contributed by atoms with E-state index in [9.17, 15) is 9.59 Å². The topological polar surface area (TPSA) is 80.8 Å². The maximum absolute atomic E-state index is 13.2. The number of nitrogens with one attached hydrogen (secondary N) is 1. The lowest BCUT2D eigenvalue weighted by Crippen LogP contribution is -2.47. The molecule has 7 nitrogen and oxygen atoms in total. The number of halogens is 1. The number of hydrogen-bond donors (Lipinski definition) is 1. The molecular formula is C22H28BrN3O4. The van der Waals surface area contributed by atoms with Gasteiger partial charge in [-0.2, -0.15) is 0 Å². The van der Waals surface area contributed by atoms with Gasteiger partial charge in [-0.15, -0.1) is 13.2 Å². The summed E-state index contributed by atoms with van der Waals surface area (Å²) in [5, 5.41) is 2.88. The van der Waals surface area contributed by atoms with Crippen molar-refractivity contribution in [2.75, 3.05) is 11.9 Å². The molecule has 1 aromatic heterocycles. The number of aromatic nitrogens is 1. The molecule has 0 aromatic carbocycles. The molecule has 2 fully saturated rings. The van der Waals surface area contributed by atoms with Gasteiger partial charge in [-0.25, -0.2) is 9.78 Å². The fraction of sp³-hybridized carbons (Fsp3) is 0.500. The third-order valence-electron chi connectivity index (χ3n) is 5.32. The Labute approximate surface area is 185 Å². The third kappa shape index (κ3) is 4.75. The van der Waals surface area contributed by atoms with Crippen LogP contribution in [0.3, 0.4) is 0 Å². The molecule has 1 aromatic rings. The number of rotatable bonds is 7. The zero-order valence-corrected chi connectivity index (χ0v) is 19.2. The summed E-state index contributed by atoms with van der Waals surface area (Å²) in [6.07, 6.45) is 4.35. The zero-order chi connectivity index (χ0) is 22.1. The standard InChI is InChI=1S/C22H28BrN3O4/c1-6-10-29-13-14-8-9-17(23)24-18(14)25-19(27)15-11-22(7-2)12-16(22)26(15)20(28)30-21(3,4)5/h6-9,15-16H,1-2,10-13H2,3-5H3,(H,24,25,27)/t15-,16+,22-/m0/s1. The van der Waals surface area contributed by atoms with Crippen LogP contribution in [-0.2, 0) is 20.9 Å². The molecule has 0 radical (unpaired) electrons. The first-order valence-corrected chi connectivity index (χ1v) is 10.7. The monoisotopic (exact) mass is 477 g/mol. The van der Waals surface area contributed by atoms with Crippen LogP contribution < -0.4 is 5.32 Å². The second-order valence-corrected chi connectivity index (χ2v) is 9.51. The average Bonchev–Trinajstić information content (AvgIpc) is 3.26. The molecule has 1 saturated heterocycles. The Bertz CT molecular complexity index is 866. The summed E-state index contributed by atoms with van der Waals surface area (Å²) in [5.41, 5.74) is -0.133. The van der Waals surface area contributed by atoms with E-state index in [1.54, 1.807) is 17.0 Å². The minimum atomic E-state index is -0.653. The largest absolute Gasteiger partial charge is 0.444 e. The highest BCUT2D eigenvalue weighted by Crippen LogP contribution is 2.60. The zero-order valence-electron chi connectivity index (χ0n) is 17.6. The van der Waals surface area contributed by atoms with E-state index in [0.717, 1.165) is 12.0 Å². The number of ether oxygens (including phenoxy) is 2. The minimum Gasteiger partial charge on any atom is -0.444 e. The van der Waals surface area contributed by atoms with E-state index in [1.807, 2.05) is 32.9 Å². The maximum Gasteiger partial charge on any atom is 0.411 e. The van der Waals surface area contributed by atoms with Crippen molar-refractivity contribution in [1.82, 2.24) is 9.88 Å². The van der Waals surface area contributed by atoms with Crippen LogP contribution in [0, 0.1) is 5.41 Å². The van der Waals surface area contributed by atoms with E-state index in [2.05, 4.69) is 39.4 Å². The number of carbonyl (C=O) groups is 2. The van der Waals surface area contributed by atoms with Crippen LogP contribution in [0.5, 0.6) is 0 Å². The van der Waals surface area contributed by atoms with Gasteiger partial charge >= 0.3 is 6.09 Å². The molecular weight excluding hydrogens is 450 g/mol. The van der Waals surface area contributed by atoms with E-state index < -0.39 is 17.7 Å². The Balaban J connectivity index is 1.80. The molecule has 30 heavy (non-hydrogen) atoms. The van der Waals surface area contributed by atoms with Crippen LogP contribution in [0.1, 0.15) is 39.2 Å². The summed E-state index contributed by atoms with van der Waals surface area (Å²) >= 11 is 3.34. The lowest BCUT2D eigenvalue weighted by Gasteiger charge is -2.29. The molecule has 1 saturated carbocycles. The van der Waals surface area contributed by atoms with Gasteiger partial charge in [0.1, 0.15) is 22.1 Å². The second-order valence-electron chi connectivity index (χ2n) is 8.70. The number of piperidine rings is 1. The number of nitrogens with zero attached hydrogens (tertiary/aromatic N) is 2. The molecule has 2 heterocycles. The second kappa shape index (κ2) is 8.51. The first-order valence-electron chi connectivity index (χ1n) is 9.90. The highest BCUT2D eigenvalue weighted by Gasteiger charge is 2.66. The number of fused-ring (bicyclic) bond motifs is 1. The average molecular weight is 478 g/mol. The van der Waals surface area contributed by atoms with Crippen LogP contribution in [0.25, 0.3) is 0 Å². The Morgan fingerprint density at radius 2 is 2.10 bits per heavy atom. The van der Waals surface area contributed by atoms with E-state index >= 15 is 0 Å². The molecule has 2 aliphatic rings. The fourth-order valence-corrected chi connectivity index (χ4v) is 4.11. The predicted octanol–water partition coefficient (Wildman–Crippen LogP) is 4.44. The molecule has 0 bridgehead atoms. The van der Waals surface area contributed by atoms with Crippen molar-refractivity contribution in [3.8, 4) is 0 Å². The maximum atomic E-state index is 13.2. The summed E-state index contributed by atoms with van der Waals surface area (Å²) in [6, 6.07) is 2.90. The lowest BCUT2D eigenvalue weighted by atomic mass is 9.99. The van der Waals surface area contributed by atoms with Crippen LogP contribution in [0.2, 0.25) is 0 Å². The van der Waals surface area contributed by atoms with E-state index in [4.69, 9.17) is 9.47 Å². The summed E-state index contributed by atoms with van der Waals surface area (Å²) in [7, 11) is 0. The number of anilines is 1. The van der Waals surface area contributed by atoms with Crippen molar-refractivity contribution in [2.24, 2.45) is 5.41 Å². The molecule has 3 atom stereocenters. The Hall–Kier alpha value is -2.19. The molecule has 0 spiro atoms. The first-order chi connectivity index (χ1) is 14.1. The van der Waals surface area contributed by atoms with E-state index in [-0.39, 0.29) is 24.0 Å². The van der Waals surface area contributed by atoms with E-state index in [0.29, 0.717) is 23.4 Å². The quantitative estimate of drug-likeness (QED) is 0.356. The fourth-order valence-electron chi connectivity index (χ4n) is 3.80. The van der Waals surface area contributed by atoms with Gasteiger partial charge in [0.25, 0.3) is 0 Å². The van der Waals surface area contributed by atoms with Crippen molar-refractivity contribution < 1.29 is 19.1 Å². The van der Waals surface area contributed by atoms with Gasteiger partial charge in [-0.3, -0.25) is 9.69 Å². The molecule has 162 valence electrons. The predicted molar refractivity (Wildman–Crippen MR) is 118 cm³/mol. The molecule has 2 amide bonds. The summed E-state index contributed by atoms with van der Waals surface area (Å²) in [6.45, 7) is 13.6. The number of carbonyl (C=O) groups excluding carboxylic acids is 2. The molecule has 0 unspecified atom stereocenters. The summed E-state index contributed by atoms with van der Waals surface area (Å²) in [5.74, 6) is 0.0978. The SMILES string of the molecule is C=CCOCc1ccc(Br)nc1NC(=O)[C@@H]1C[C@@]2(C=C)C[C@H]2N1C(=O)OC(C)(C)C. The molecule has 3 rings (SSSR count). The van der Waals surface area contributed by atoms with Gasteiger partial charge in [-0.05, 0) is 55.6 Å². The van der Waals surface area contributed by atoms with Gasteiger partial charge in [-0.1, -0.05) is 18.2 Å². The van der Waals surface area contributed by atoms with E-state index in [1.165, 1.54) is 0 Å². The van der Waals surface area contributed by atoms with Gasteiger partial charge < -0.3 is 14.8 Å². The van der Waals surface area contributed by atoms with Crippen LogP contribution in [0.15, 0.2) is 42.0 Å². The van der Waals surface area contributed by atoms with Crippen molar-refractivity contribution >= 4 is 33.7 Å². The highest BCUT2D eigenvalue weighted by molar-refractivity contribution is 9.10. The minimum absolute atomic E-state index is 0.0635. The van der Waals surface area contributed by atoms with Crippen LogP contribution in [0.4, 0.5) is 10.6 Å². The van der Waals surface area contributed by atoms with Crippen LogP contribution >= 0.6 is 15.9 Å². The van der Waals surface area contributed by atoms with Crippen molar-refractivity contribution in [2.45, 2.75) is 57.9 Å². The molecule has 1 N–H and O–H groups in total. The normalized spacial score (nSPS) is 24.7. The smallest absolute Gasteiger partial charge is 0.411 e. The van der Waals surface area contributed by atoms with Gasteiger partial charge in [0.05, 0.1) is 13.2 Å². The van der Waals surface area contributed by atoms with Gasteiger partial charge in [0, 0.05) is 17.0 Å². The lowest BCUT2D eigenvalue weighted by molar-refractivity contribution is -0.121. The first kappa shape index (κ1) is 22.5. The van der Waals surface area contributed by atoms with Gasteiger partial charge in [0.15, 0.2) is 0 Å². The Morgan fingerprint density at radius 3 is 2.73 bits per heavy atom. The third-order valence-corrected chi connectivity index (χ3v) is 5.76. The summed E-state index contributed by atoms with van der Waals surface area (Å²) < 4.78 is 11.7. The molecule has 8 heteroatoms. The number of pyridine rings is 1. The summed E-state index contributed by atoms with van der Waals surface area (Å²) in [4.78, 5) is 32.0. The highest BCUT2D eigenvalue weighted by atomic mass is 79.9. The number of amides is 2. The van der Waals surface area contributed by atoms with Crippen molar-refractivity contribution in [3.05, 3.63) is 47.6 Å². The molecule has 1 aliphatic carbocycles. The molecule has 1 aliphatic heterocycles. The van der Waals surface area contributed by atoms with Crippen LogP contribution in [-0.4, -0.2) is 46.2 Å². The Kier molecular flexibility index (Phi) is 6.38. The van der Waals surface area contributed by atoms with Crippen molar-refractivity contribution in [1.29, 1.82) is 0 Å². The van der Waals surface area contributed by atoms with Crippen molar-refractivity contribution in [3.63, 3.8) is 0 Å².